The third-order valence-corrected chi connectivity index (χ3v) is 6.45. The average Bonchev–Trinajstić information content (AvgIpc) is 3.34. The molecule has 0 aromatic carbocycles. The molecule has 2 rings (SSSR count). The molecule has 30 heavy (non-hydrogen) atoms. The molecule has 0 aliphatic carbocycles. The highest BCUT2D eigenvalue weighted by Gasteiger charge is 2.38. The van der Waals surface area contributed by atoms with Gasteiger partial charge in [-0.1, -0.05) is 20.8 Å². The molecule has 8 heteroatoms. The topological polar surface area (TPSA) is 87.7 Å². The smallest absolute Gasteiger partial charge is 0.252 e. The third-order valence-electron chi connectivity index (χ3n) is 5.77. The summed E-state index contributed by atoms with van der Waals surface area (Å²) < 4.78 is 5.60. The predicted molar refractivity (Wildman–Crippen MR) is 119 cm³/mol. The monoisotopic (exact) mass is 437 g/mol. The maximum atomic E-state index is 13.1. The number of hydrogen-bond donors (Lipinski definition) is 2. The van der Waals surface area contributed by atoms with Crippen molar-refractivity contribution in [3.05, 3.63) is 22.4 Å². The van der Waals surface area contributed by atoms with Gasteiger partial charge in [-0.3, -0.25) is 14.4 Å². The number of thiophene rings is 1. The van der Waals surface area contributed by atoms with Gasteiger partial charge in [-0.2, -0.15) is 11.3 Å². The van der Waals surface area contributed by atoms with E-state index in [2.05, 4.69) is 31.4 Å². The van der Waals surface area contributed by atoms with E-state index < -0.39 is 12.1 Å². The van der Waals surface area contributed by atoms with E-state index in [1.165, 1.54) is 11.3 Å². The van der Waals surface area contributed by atoms with Crippen molar-refractivity contribution < 1.29 is 19.1 Å². The van der Waals surface area contributed by atoms with Crippen LogP contribution in [0.2, 0.25) is 0 Å². The number of nitrogens with one attached hydrogen (secondary N) is 2. The molecule has 2 N–H and O–H groups in total. The molecule has 0 bridgehead atoms. The van der Waals surface area contributed by atoms with Crippen LogP contribution in [0.4, 0.5) is 0 Å². The minimum absolute atomic E-state index is 0.0132. The van der Waals surface area contributed by atoms with Gasteiger partial charge in [0.15, 0.2) is 5.78 Å². The lowest BCUT2D eigenvalue weighted by Crippen LogP contribution is -2.53. The number of amides is 2. The number of nitrogens with zero attached hydrogens (tertiary/aromatic N) is 1. The summed E-state index contributed by atoms with van der Waals surface area (Å²) in [6.45, 7) is 7.21. The molecule has 2 amide bonds. The first-order chi connectivity index (χ1) is 14.2. The first kappa shape index (κ1) is 24.5. The van der Waals surface area contributed by atoms with Crippen molar-refractivity contribution in [2.45, 2.75) is 58.2 Å². The second-order valence-electron chi connectivity index (χ2n) is 8.73. The van der Waals surface area contributed by atoms with Crippen molar-refractivity contribution in [2.24, 2.45) is 11.8 Å². The van der Waals surface area contributed by atoms with Crippen LogP contribution in [0.15, 0.2) is 16.8 Å². The molecule has 0 saturated carbocycles. The van der Waals surface area contributed by atoms with Gasteiger partial charge in [0.05, 0.1) is 11.7 Å². The van der Waals surface area contributed by atoms with Gasteiger partial charge in [0.25, 0.3) is 5.91 Å². The second kappa shape index (κ2) is 11.6. The Labute approximate surface area is 183 Å². The molecule has 2 heterocycles. The number of rotatable bonds is 11. The van der Waals surface area contributed by atoms with Crippen molar-refractivity contribution in [3.8, 4) is 0 Å². The van der Waals surface area contributed by atoms with Crippen molar-refractivity contribution in [1.29, 1.82) is 0 Å². The Morgan fingerprint density at radius 1 is 1.27 bits per heavy atom. The minimum Gasteiger partial charge on any atom is -0.368 e. The number of carbonyl (C=O) groups is 3. The fraction of sp³-hybridized carbons (Fsp3) is 0.682. The summed E-state index contributed by atoms with van der Waals surface area (Å²) in [5.74, 6) is 0.190. The molecular weight excluding hydrogens is 402 g/mol. The second-order valence-corrected chi connectivity index (χ2v) is 9.51. The Bertz CT molecular complexity index is 705. The summed E-state index contributed by atoms with van der Waals surface area (Å²) in [4.78, 5) is 40.0. The fourth-order valence-corrected chi connectivity index (χ4v) is 3.95. The zero-order valence-electron chi connectivity index (χ0n) is 18.6. The summed E-state index contributed by atoms with van der Waals surface area (Å²) in [5, 5.41) is 9.31. The number of ether oxygens (including phenoxy) is 1. The van der Waals surface area contributed by atoms with E-state index >= 15 is 0 Å². The number of ketones is 1. The van der Waals surface area contributed by atoms with Crippen LogP contribution in [0.5, 0.6) is 0 Å². The van der Waals surface area contributed by atoms with E-state index in [9.17, 15) is 14.4 Å². The predicted octanol–water partition coefficient (Wildman–Crippen LogP) is 2.32. The van der Waals surface area contributed by atoms with E-state index in [1.54, 1.807) is 11.4 Å². The number of carbonyl (C=O) groups excluding carboxylic acids is 3. The van der Waals surface area contributed by atoms with Gasteiger partial charge < -0.3 is 20.3 Å². The lowest BCUT2D eigenvalue weighted by atomic mass is 9.91. The molecule has 1 aromatic rings. The van der Waals surface area contributed by atoms with Crippen molar-refractivity contribution in [3.63, 3.8) is 0 Å². The zero-order valence-corrected chi connectivity index (χ0v) is 19.5. The largest absolute Gasteiger partial charge is 0.368 e. The Morgan fingerprint density at radius 2 is 2.00 bits per heavy atom. The van der Waals surface area contributed by atoms with E-state index in [0.29, 0.717) is 30.2 Å². The lowest BCUT2D eigenvalue weighted by Gasteiger charge is -2.25. The van der Waals surface area contributed by atoms with Crippen LogP contribution in [-0.4, -0.2) is 67.9 Å². The summed E-state index contributed by atoms with van der Waals surface area (Å²) in [6.07, 6.45) is 1.64. The molecule has 0 spiro atoms. The molecule has 0 radical (unpaired) electrons. The highest BCUT2D eigenvalue weighted by molar-refractivity contribution is 7.08. The molecule has 4 atom stereocenters. The average molecular weight is 438 g/mol. The molecular formula is C22H35N3O4S. The summed E-state index contributed by atoms with van der Waals surface area (Å²) in [5.41, 5.74) is 0.541. The zero-order chi connectivity index (χ0) is 22.3. The van der Waals surface area contributed by atoms with Crippen molar-refractivity contribution in [2.75, 3.05) is 27.2 Å². The van der Waals surface area contributed by atoms with Gasteiger partial charge in [-0.15, -0.1) is 0 Å². The summed E-state index contributed by atoms with van der Waals surface area (Å²) >= 11 is 1.43. The molecule has 3 unspecified atom stereocenters. The first-order valence-corrected chi connectivity index (χ1v) is 11.6. The van der Waals surface area contributed by atoms with E-state index in [1.807, 2.05) is 24.4 Å². The van der Waals surface area contributed by atoms with Crippen LogP contribution >= 0.6 is 11.3 Å². The van der Waals surface area contributed by atoms with Gasteiger partial charge >= 0.3 is 0 Å². The maximum Gasteiger partial charge on any atom is 0.252 e. The van der Waals surface area contributed by atoms with Gasteiger partial charge in [-0.05, 0) is 56.6 Å². The van der Waals surface area contributed by atoms with Gasteiger partial charge in [0, 0.05) is 11.9 Å². The van der Waals surface area contributed by atoms with Crippen LogP contribution in [0.3, 0.4) is 0 Å². The highest BCUT2D eigenvalue weighted by Crippen LogP contribution is 2.19. The van der Waals surface area contributed by atoms with Crippen LogP contribution in [0.25, 0.3) is 0 Å². The third kappa shape index (κ3) is 7.18. The van der Waals surface area contributed by atoms with Gasteiger partial charge in [0.2, 0.25) is 5.91 Å². The molecule has 7 nitrogen and oxygen atoms in total. The van der Waals surface area contributed by atoms with E-state index in [-0.39, 0.29) is 30.3 Å². The Balaban J connectivity index is 2.06. The molecule has 1 saturated heterocycles. The fourth-order valence-electron chi connectivity index (χ4n) is 3.31. The quantitative estimate of drug-likeness (QED) is 0.555. The van der Waals surface area contributed by atoms with Crippen molar-refractivity contribution >= 4 is 28.9 Å². The first-order valence-electron chi connectivity index (χ1n) is 10.6. The standard InChI is InChI=1S/C22H35N3O4S/c1-14(2)15(3)6-7-17(23-21(27)16-9-11-30-13-16)22(28)24-20-18(26)12-29-19(20)8-10-25(4)5/h9,11,13-15,17,19-20H,6-8,10,12H2,1-5H3,(H,23,27)(H,24,28)/t15?,17-,19?,20?/m0/s1. The Morgan fingerprint density at radius 3 is 2.60 bits per heavy atom. The summed E-state index contributed by atoms with van der Waals surface area (Å²) in [7, 11) is 3.91. The minimum atomic E-state index is -0.693. The van der Waals surface area contributed by atoms with E-state index in [0.717, 1.165) is 13.0 Å². The van der Waals surface area contributed by atoms with Gasteiger partial charge in [-0.25, -0.2) is 0 Å². The van der Waals surface area contributed by atoms with Gasteiger partial charge in [0.1, 0.15) is 18.7 Å². The van der Waals surface area contributed by atoms with Crippen LogP contribution in [0.1, 0.15) is 50.4 Å². The molecule has 1 aliphatic rings. The Hall–Kier alpha value is -1.77. The molecule has 1 aromatic heterocycles. The van der Waals surface area contributed by atoms with E-state index in [4.69, 9.17) is 4.74 Å². The normalized spacial score (nSPS) is 21.1. The molecule has 168 valence electrons. The maximum absolute atomic E-state index is 13.1. The van der Waals surface area contributed by atoms with Crippen molar-refractivity contribution in [1.82, 2.24) is 15.5 Å². The molecule has 1 fully saturated rings. The molecule has 1 aliphatic heterocycles. The van der Waals surface area contributed by atoms with Crippen LogP contribution in [-0.2, 0) is 14.3 Å². The van der Waals surface area contributed by atoms with Crippen LogP contribution in [0, 0.1) is 11.8 Å². The van der Waals surface area contributed by atoms with Crippen LogP contribution < -0.4 is 10.6 Å². The SMILES string of the molecule is CC(C)C(C)CC[C@H](NC(=O)c1ccsc1)C(=O)NC1C(=O)COC1CCN(C)C. The highest BCUT2D eigenvalue weighted by atomic mass is 32.1. The lowest BCUT2D eigenvalue weighted by molar-refractivity contribution is -0.127. The number of hydrogen-bond acceptors (Lipinski definition) is 6. The summed E-state index contributed by atoms with van der Waals surface area (Å²) in [6, 6.07) is 0.374. The Kier molecular flexibility index (Phi) is 9.45. The number of Topliss-reactive ketones (excluding diaryl/α,β-unsaturated/α-hetero) is 1.